The van der Waals surface area contributed by atoms with E-state index in [0.29, 0.717) is 6.42 Å². The molecule has 1 aromatic carbocycles. The molecule has 0 aromatic heterocycles. The molecule has 0 saturated heterocycles. The van der Waals surface area contributed by atoms with Gasteiger partial charge in [0.05, 0.1) is 0 Å². The number of aryl methyl sites for hydroxylation is 1. The minimum absolute atomic E-state index is 0.688. The van der Waals surface area contributed by atoms with E-state index < -0.39 is 0 Å². The molecule has 1 aromatic rings. The van der Waals surface area contributed by atoms with Gasteiger partial charge in [0.1, 0.15) is 6.29 Å². The second kappa shape index (κ2) is 4.41. The molecule has 0 unspecified atom stereocenters. The summed E-state index contributed by atoms with van der Waals surface area (Å²) in [5.41, 5.74) is 2.88. The van der Waals surface area contributed by atoms with Gasteiger partial charge in [0.2, 0.25) is 0 Å². The SMILES string of the molecule is O=CCCCc1cccc(C2CC2)c1. The smallest absolute Gasteiger partial charge is 0.120 e. The first-order valence-corrected chi connectivity index (χ1v) is 5.42. The molecule has 0 aliphatic heterocycles. The van der Waals surface area contributed by atoms with Crippen LogP contribution in [0.3, 0.4) is 0 Å². The Hall–Kier alpha value is -1.11. The maximum absolute atomic E-state index is 10.2. The second-order valence-electron chi connectivity index (χ2n) is 4.08. The summed E-state index contributed by atoms with van der Waals surface area (Å²) in [6.45, 7) is 0. The highest BCUT2D eigenvalue weighted by Gasteiger charge is 2.23. The monoisotopic (exact) mass is 188 g/mol. The fraction of sp³-hybridized carbons (Fsp3) is 0.462. The maximum atomic E-state index is 10.2. The van der Waals surface area contributed by atoms with Gasteiger partial charge in [0.15, 0.2) is 0 Å². The Morgan fingerprint density at radius 3 is 2.93 bits per heavy atom. The van der Waals surface area contributed by atoms with Gasteiger partial charge in [0.25, 0.3) is 0 Å². The van der Waals surface area contributed by atoms with Crippen molar-refractivity contribution < 1.29 is 4.79 Å². The van der Waals surface area contributed by atoms with Gasteiger partial charge < -0.3 is 4.79 Å². The topological polar surface area (TPSA) is 17.1 Å². The third-order valence-electron chi connectivity index (χ3n) is 2.79. The normalized spacial score (nSPS) is 15.4. The number of rotatable bonds is 5. The highest BCUT2D eigenvalue weighted by atomic mass is 16.1. The van der Waals surface area contributed by atoms with Crippen LogP contribution in [0, 0.1) is 0 Å². The molecule has 0 heterocycles. The number of carbonyl (C=O) groups excluding carboxylic acids is 1. The molecule has 14 heavy (non-hydrogen) atoms. The van der Waals surface area contributed by atoms with E-state index in [1.807, 2.05) is 0 Å². The highest BCUT2D eigenvalue weighted by molar-refractivity contribution is 5.49. The van der Waals surface area contributed by atoms with E-state index >= 15 is 0 Å². The Labute approximate surface area is 85.1 Å². The summed E-state index contributed by atoms with van der Waals surface area (Å²) in [6.07, 6.45) is 6.44. The predicted octanol–water partition coefficient (Wildman–Crippen LogP) is 3.09. The molecule has 0 bridgehead atoms. The molecular weight excluding hydrogens is 172 g/mol. The molecular formula is C13H16O. The Kier molecular flexibility index (Phi) is 2.97. The van der Waals surface area contributed by atoms with Crippen LogP contribution in [0.2, 0.25) is 0 Å². The van der Waals surface area contributed by atoms with E-state index in [1.54, 1.807) is 0 Å². The van der Waals surface area contributed by atoms with Crippen LogP contribution in [-0.4, -0.2) is 6.29 Å². The van der Waals surface area contributed by atoms with Gasteiger partial charge in [-0.2, -0.15) is 0 Å². The largest absolute Gasteiger partial charge is 0.303 e. The predicted molar refractivity (Wildman–Crippen MR) is 57.4 cm³/mol. The third-order valence-corrected chi connectivity index (χ3v) is 2.79. The van der Waals surface area contributed by atoms with Crippen molar-refractivity contribution >= 4 is 6.29 Å². The van der Waals surface area contributed by atoms with Crippen LogP contribution in [0.25, 0.3) is 0 Å². The van der Waals surface area contributed by atoms with Crippen LogP contribution in [0.1, 0.15) is 42.7 Å². The number of benzene rings is 1. The van der Waals surface area contributed by atoms with E-state index in [4.69, 9.17) is 0 Å². The summed E-state index contributed by atoms with van der Waals surface area (Å²) in [4.78, 5) is 10.2. The lowest BCUT2D eigenvalue weighted by atomic mass is 10.0. The average molecular weight is 188 g/mol. The van der Waals surface area contributed by atoms with E-state index in [-0.39, 0.29) is 0 Å². The van der Waals surface area contributed by atoms with Gasteiger partial charge in [-0.3, -0.25) is 0 Å². The summed E-state index contributed by atoms with van der Waals surface area (Å²) in [5, 5.41) is 0. The van der Waals surface area contributed by atoms with Crippen molar-refractivity contribution in [2.24, 2.45) is 0 Å². The zero-order valence-corrected chi connectivity index (χ0v) is 8.41. The zero-order valence-electron chi connectivity index (χ0n) is 8.41. The number of carbonyl (C=O) groups is 1. The number of hydrogen-bond acceptors (Lipinski definition) is 1. The van der Waals surface area contributed by atoms with Crippen LogP contribution in [-0.2, 0) is 11.2 Å². The Morgan fingerprint density at radius 2 is 2.21 bits per heavy atom. The molecule has 0 radical (unpaired) electrons. The molecule has 0 spiro atoms. The maximum Gasteiger partial charge on any atom is 0.120 e. The van der Waals surface area contributed by atoms with E-state index in [0.717, 1.165) is 25.0 Å². The van der Waals surface area contributed by atoms with Crippen LogP contribution >= 0.6 is 0 Å². The van der Waals surface area contributed by atoms with Gasteiger partial charge in [-0.15, -0.1) is 0 Å². The number of unbranched alkanes of at least 4 members (excludes halogenated alkanes) is 1. The van der Waals surface area contributed by atoms with Crippen molar-refractivity contribution in [3.8, 4) is 0 Å². The fourth-order valence-corrected chi connectivity index (χ4v) is 1.81. The Bertz CT molecular complexity index is 313. The molecule has 74 valence electrons. The molecule has 1 aliphatic rings. The lowest BCUT2D eigenvalue weighted by molar-refractivity contribution is -0.107. The highest BCUT2D eigenvalue weighted by Crippen LogP contribution is 2.40. The molecule has 1 nitrogen and oxygen atoms in total. The van der Waals surface area contributed by atoms with Gasteiger partial charge in [-0.1, -0.05) is 24.3 Å². The summed E-state index contributed by atoms with van der Waals surface area (Å²) in [6, 6.07) is 8.84. The average Bonchev–Trinajstić information content (AvgIpc) is 3.02. The zero-order chi connectivity index (χ0) is 9.80. The summed E-state index contributed by atoms with van der Waals surface area (Å²) < 4.78 is 0. The van der Waals surface area contributed by atoms with E-state index in [2.05, 4.69) is 24.3 Å². The van der Waals surface area contributed by atoms with Crippen LogP contribution < -0.4 is 0 Å². The van der Waals surface area contributed by atoms with E-state index in [1.165, 1.54) is 24.0 Å². The van der Waals surface area contributed by atoms with Crippen molar-refractivity contribution in [2.75, 3.05) is 0 Å². The van der Waals surface area contributed by atoms with Gasteiger partial charge in [-0.05, 0) is 42.7 Å². The number of aldehydes is 1. The lowest BCUT2D eigenvalue weighted by Gasteiger charge is -2.02. The first kappa shape index (κ1) is 9.45. The Morgan fingerprint density at radius 1 is 1.36 bits per heavy atom. The standard InChI is InChI=1S/C13H16O/c14-9-2-1-4-11-5-3-6-13(10-11)12-7-8-12/h3,5-6,9-10,12H,1-2,4,7-8H2. The quantitative estimate of drug-likeness (QED) is 0.512. The minimum Gasteiger partial charge on any atom is -0.303 e. The van der Waals surface area contributed by atoms with Crippen molar-refractivity contribution in [3.05, 3.63) is 35.4 Å². The van der Waals surface area contributed by atoms with Gasteiger partial charge in [0, 0.05) is 6.42 Å². The number of hydrogen-bond donors (Lipinski definition) is 0. The first-order chi connectivity index (χ1) is 6.90. The van der Waals surface area contributed by atoms with Gasteiger partial charge in [-0.25, -0.2) is 0 Å². The molecule has 2 rings (SSSR count). The van der Waals surface area contributed by atoms with Crippen molar-refractivity contribution in [1.29, 1.82) is 0 Å². The molecule has 1 aliphatic carbocycles. The summed E-state index contributed by atoms with van der Waals surface area (Å²) in [5.74, 6) is 0.834. The van der Waals surface area contributed by atoms with Crippen LogP contribution in [0.5, 0.6) is 0 Å². The fourth-order valence-electron chi connectivity index (χ4n) is 1.81. The van der Waals surface area contributed by atoms with Crippen molar-refractivity contribution in [1.82, 2.24) is 0 Å². The molecule has 0 amide bonds. The van der Waals surface area contributed by atoms with Gasteiger partial charge >= 0.3 is 0 Å². The van der Waals surface area contributed by atoms with Crippen LogP contribution in [0.15, 0.2) is 24.3 Å². The second-order valence-corrected chi connectivity index (χ2v) is 4.08. The Balaban J connectivity index is 1.95. The van der Waals surface area contributed by atoms with Crippen LogP contribution in [0.4, 0.5) is 0 Å². The lowest BCUT2D eigenvalue weighted by Crippen LogP contribution is -1.88. The summed E-state index contributed by atoms with van der Waals surface area (Å²) in [7, 11) is 0. The molecule has 0 N–H and O–H groups in total. The summed E-state index contributed by atoms with van der Waals surface area (Å²) >= 11 is 0. The van der Waals surface area contributed by atoms with E-state index in [9.17, 15) is 4.79 Å². The minimum atomic E-state index is 0.688. The van der Waals surface area contributed by atoms with Crippen molar-refractivity contribution in [3.63, 3.8) is 0 Å². The molecule has 1 saturated carbocycles. The third kappa shape index (κ3) is 2.44. The van der Waals surface area contributed by atoms with Crippen molar-refractivity contribution in [2.45, 2.75) is 38.0 Å². The first-order valence-electron chi connectivity index (χ1n) is 5.42. The molecule has 1 heteroatoms. The molecule has 0 atom stereocenters. The molecule has 1 fully saturated rings.